The van der Waals surface area contributed by atoms with Crippen LogP contribution in [0.1, 0.15) is 19.3 Å². The van der Waals surface area contributed by atoms with E-state index in [-0.39, 0.29) is 23.8 Å². The standard InChI is InChI=1S/C9H17N5O3S/c1-14-6-12-8(11)9(14)18(16,17)13-5-3-2-4-7(10)15/h6,13H,2-5,11H2,1H3,(H2,10,15). The third-order valence-electron chi connectivity index (χ3n) is 2.31. The third-order valence-corrected chi connectivity index (χ3v) is 3.90. The molecule has 18 heavy (non-hydrogen) atoms. The fourth-order valence-electron chi connectivity index (χ4n) is 1.46. The van der Waals surface area contributed by atoms with Gasteiger partial charge < -0.3 is 16.0 Å². The zero-order chi connectivity index (χ0) is 13.8. The second-order valence-electron chi connectivity index (χ2n) is 3.87. The molecule has 0 radical (unpaired) electrons. The van der Waals surface area contributed by atoms with Crippen molar-refractivity contribution in [3.8, 4) is 0 Å². The number of carbonyl (C=O) groups excluding carboxylic acids is 1. The van der Waals surface area contributed by atoms with Gasteiger partial charge in [0.1, 0.15) is 0 Å². The number of aromatic nitrogens is 2. The van der Waals surface area contributed by atoms with Crippen molar-refractivity contribution >= 4 is 21.7 Å². The molecule has 102 valence electrons. The normalized spacial score (nSPS) is 11.6. The van der Waals surface area contributed by atoms with E-state index in [1.165, 1.54) is 10.9 Å². The Balaban J connectivity index is 2.54. The number of nitrogens with one attached hydrogen (secondary N) is 1. The van der Waals surface area contributed by atoms with Crippen LogP contribution in [0, 0.1) is 0 Å². The Bertz CT molecular complexity index is 503. The van der Waals surface area contributed by atoms with Crippen molar-refractivity contribution in [2.45, 2.75) is 24.3 Å². The average Bonchev–Trinajstić information content (AvgIpc) is 2.57. The molecular weight excluding hydrogens is 258 g/mol. The van der Waals surface area contributed by atoms with Crippen LogP contribution >= 0.6 is 0 Å². The van der Waals surface area contributed by atoms with E-state index in [0.29, 0.717) is 12.8 Å². The van der Waals surface area contributed by atoms with Crippen molar-refractivity contribution in [3.63, 3.8) is 0 Å². The number of unbranched alkanes of at least 4 members (excludes halogenated alkanes) is 1. The first kappa shape index (κ1) is 14.5. The van der Waals surface area contributed by atoms with Gasteiger partial charge in [0.25, 0.3) is 10.0 Å². The minimum absolute atomic E-state index is 0.0397. The van der Waals surface area contributed by atoms with E-state index in [4.69, 9.17) is 11.5 Å². The van der Waals surface area contributed by atoms with Crippen LogP contribution in [0.2, 0.25) is 0 Å². The van der Waals surface area contributed by atoms with Crippen LogP contribution in [0.4, 0.5) is 5.82 Å². The predicted octanol–water partition coefficient (Wildman–Crippen LogP) is -1.06. The number of aryl methyl sites for hydroxylation is 1. The molecule has 0 aromatic carbocycles. The van der Waals surface area contributed by atoms with Crippen molar-refractivity contribution < 1.29 is 13.2 Å². The number of nitrogens with two attached hydrogens (primary N) is 2. The van der Waals surface area contributed by atoms with Gasteiger partial charge in [0.15, 0.2) is 10.8 Å². The fourth-order valence-corrected chi connectivity index (χ4v) is 2.77. The molecular formula is C9H17N5O3S. The summed E-state index contributed by atoms with van der Waals surface area (Å²) < 4.78 is 27.5. The van der Waals surface area contributed by atoms with Gasteiger partial charge in [-0.2, -0.15) is 0 Å². The van der Waals surface area contributed by atoms with Gasteiger partial charge in [-0.3, -0.25) is 4.79 Å². The van der Waals surface area contributed by atoms with Crippen LogP contribution in [-0.4, -0.2) is 30.4 Å². The Labute approximate surface area is 105 Å². The van der Waals surface area contributed by atoms with E-state index in [1.807, 2.05) is 0 Å². The molecule has 0 saturated carbocycles. The van der Waals surface area contributed by atoms with E-state index >= 15 is 0 Å². The summed E-state index contributed by atoms with van der Waals surface area (Å²) in [6, 6.07) is 0. The van der Waals surface area contributed by atoms with Gasteiger partial charge in [-0.25, -0.2) is 18.1 Å². The highest BCUT2D eigenvalue weighted by Gasteiger charge is 2.21. The number of hydrogen-bond donors (Lipinski definition) is 3. The molecule has 0 unspecified atom stereocenters. The fraction of sp³-hybridized carbons (Fsp3) is 0.556. The minimum atomic E-state index is -3.67. The molecule has 8 nitrogen and oxygen atoms in total. The second-order valence-corrected chi connectivity index (χ2v) is 5.55. The van der Waals surface area contributed by atoms with E-state index in [0.717, 1.165) is 0 Å². The largest absolute Gasteiger partial charge is 0.381 e. The monoisotopic (exact) mass is 275 g/mol. The predicted molar refractivity (Wildman–Crippen MR) is 65.9 cm³/mol. The lowest BCUT2D eigenvalue weighted by molar-refractivity contribution is -0.118. The number of imidazole rings is 1. The molecule has 0 saturated heterocycles. The van der Waals surface area contributed by atoms with E-state index < -0.39 is 15.9 Å². The SMILES string of the molecule is Cn1cnc(N)c1S(=O)(=O)NCCCCC(N)=O. The van der Waals surface area contributed by atoms with Crippen molar-refractivity contribution in [2.75, 3.05) is 12.3 Å². The molecule has 1 aromatic rings. The van der Waals surface area contributed by atoms with Gasteiger partial charge in [0, 0.05) is 20.0 Å². The first-order chi connectivity index (χ1) is 8.34. The van der Waals surface area contributed by atoms with Crippen molar-refractivity contribution in [2.24, 2.45) is 12.8 Å². The highest BCUT2D eigenvalue weighted by Crippen LogP contribution is 2.14. The third kappa shape index (κ3) is 3.70. The summed E-state index contributed by atoms with van der Waals surface area (Å²) >= 11 is 0. The molecule has 0 fully saturated rings. The number of nitrogens with zero attached hydrogens (tertiary/aromatic N) is 2. The molecule has 0 aliphatic rings. The van der Waals surface area contributed by atoms with Crippen molar-refractivity contribution in [3.05, 3.63) is 6.33 Å². The van der Waals surface area contributed by atoms with Crippen LogP contribution in [0.3, 0.4) is 0 Å². The summed E-state index contributed by atoms with van der Waals surface area (Å²) in [5, 5.41) is -0.0580. The van der Waals surface area contributed by atoms with Gasteiger partial charge in [-0.15, -0.1) is 0 Å². The number of sulfonamides is 1. The van der Waals surface area contributed by atoms with Crippen LogP contribution in [0.15, 0.2) is 11.4 Å². The molecule has 0 spiro atoms. The summed E-state index contributed by atoms with van der Waals surface area (Å²) in [7, 11) is -2.12. The number of hydrogen-bond acceptors (Lipinski definition) is 5. The van der Waals surface area contributed by atoms with Crippen LogP contribution in [0.5, 0.6) is 0 Å². The molecule has 0 aliphatic heterocycles. The lowest BCUT2D eigenvalue weighted by Gasteiger charge is -2.07. The van der Waals surface area contributed by atoms with Crippen LogP contribution in [-0.2, 0) is 21.9 Å². The van der Waals surface area contributed by atoms with Gasteiger partial charge >= 0.3 is 0 Å². The Morgan fingerprint density at radius 1 is 1.50 bits per heavy atom. The lowest BCUT2D eigenvalue weighted by Crippen LogP contribution is -2.27. The van der Waals surface area contributed by atoms with Crippen molar-refractivity contribution in [1.29, 1.82) is 0 Å². The van der Waals surface area contributed by atoms with Gasteiger partial charge in [0.2, 0.25) is 5.91 Å². The summed E-state index contributed by atoms with van der Waals surface area (Å²) in [6.07, 6.45) is 2.64. The molecule has 1 heterocycles. The number of carbonyl (C=O) groups is 1. The molecule has 9 heteroatoms. The van der Waals surface area contributed by atoms with Crippen molar-refractivity contribution in [1.82, 2.24) is 14.3 Å². The van der Waals surface area contributed by atoms with Crippen LogP contribution < -0.4 is 16.2 Å². The Kier molecular flexibility index (Phi) is 4.68. The summed E-state index contributed by atoms with van der Waals surface area (Å²) in [5.41, 5.74) is 10.5. The average molecular weight is 275 g/mol. The summed E-state index contributed by atoms with van der Waals surface area (Å²) in [6.45, 7) is 0.222. The molecule has 1 amide bonds. The number of nitrogen functional groups attached to an aromatic ring is 1. The molecule has 0 aliphatic carbocycles. The quantitative estimate of drug-likeness (QED) is 0.545. The number of rotatable bonds is 7. The van der Waals surface area contributed by atoms with E-state index in [9.17, 15) is 13.2 Å². The van der Waals surface area contributed by atoms with Gasteiger partial charge in [-0.05, 0) is 12.8 Å². The first-order valence-electron chi connectivity index (χ1n) is 5.39. The topological polar surface area (TPSA) is 133 Å². The Morgan fingerprint density at radius 3 is 2.67 bits per heavy atom. The smallest absolute Gasteiger partial charge is 0.260 e. The van der Waals surface area contributed by atoms with E-state index in [1.54, 1.807) is 7.05 Å². The molecule has 0 atom stereocenters. The van der Waals surface area contributed by atoms with Crippen LogP contribution in [0.25, 0.3) is 0 Å². The van der Waals surface area contributed by atoms with E-state index in [2.05, 4.69) is 9.71 Å². The number of anilines is 1. The first-order valence-corrected chi connectivity index (χ1v) is 6.87. The molecule has 5 N–H and O–H groups in total. The molecule has 1 aromatic heterocycles. The zero-order valence-electron chi connectivity index (χ0n) is 10.1. The second kappa shape index (κ2) is 5.83. The number of primary amides is 1. The maximum absolute atomic E-state index is 11.9. The maximum Gasteiger partial charge on any atom is 0.260 e. The summed E-state index contributed by atoms with van der Waals surface area (Å²) in [5.74, 6) is -0.434. The highest BCUT2D eigenvalue weighted by atomic mass is 32.2. The van der Waals surface area contributed by atoms with Gasteiger partial charge in [-0.1, -0.05) is 0 Å². The minimum Gasteiger partial charge on any atom is -0.381 e. The Morgan fingerprint density at radius 2 is 2.17 bits per heavy atom. The maximum atomic E-state index is 11.9. The number of amides is 1. The highest BCUT2D eigenvalue weighted by molar-refractivity contribution is 7.89. The summed E-state index contributed by atoms with van der Waals surface area (Å²) in [4.78, 5) is 14.2. The Hall–Kier alpha value is -1.61. The lowest BCUT2D eigenvalue weighted by atomic mass is 10.2. The molecule has 1 rings (SSSR count). The van der Waals surface area contributed by atoms with Gasteiger partial charge in [0.05, 0.1) is 6.33 Å². The zero-order valence-corrected chi connectivity index (χ0v) is 10.9. The molecule has 0 bridgehead atoms.